The summed E-state index contributed by atoms with van der Waals surface area (Å²) in [6.07, 6.45) is 5.55. The van der Waals surface area contributed by atoms with Crippen LogP contribution in [-0.4, -0.2) is 18.7 Å². The minimum atomic E-state index is 0.183. The molecule has 0 bridgehead atoms. The second-order valence-electron chi connectivity index (χ2n) is 7.28. The average Bonchev–Trinajstić information content (AvgIpc) is 2.94. The molecule has 2 heteroatoms. The van der Waals surface area contributed by atoms with Crippen LogP contribution in [0.15, 0.2) is 24.3 Å². The van der Waals surface area contributed by atoms with Crippen molar-refractivity contribution >= 4 is 0 Å². The van der Waals surface area contributed by atoms with Gasteiger partial charge in [-0.15, -0.1) is 0 Å². The molecule has 1 saturated carbocycles. The second-order valence-corrected chi connectivity index (χ2v) is 7.28. The maximum Gasteiger partial charge on any atom is 0.119 e. The zero-order valence-corrected chi connectivity index (χ0v) is 14.1. The number of nitrogens with one attached hydrogen (secondary N) is 1. The van der Waals surface area contributed by atoms with Crippen LogP contribution in [0.3, 0.4) is 0 Å². The van der Waals surface area contributed by atoms with E-state index in [1.165, 1.54) is 31.2 Å². The first-order chi connectivity index (χ1) is 9.99. The Morgan fingerprint density at radius 2 is 1.76 bits per heavy atom. The molecule has 0 heterocycles. The molecule has 21 heavy (non-hydrogen) atoms. The molecular formula is C19H31NO. The van der Waals surface area contributed by atoms with E-state index in [4.69, 9.17) is 4.74 Å². The number of rotatable bonds is 6. The van der Waals surface area contributed by atoms with Gasteiger partial charge in [-0.25, -0.2) is 0 Å². The standard InChI is InChI=1S/C19H31NO/c1-5-21-17-12-10-16(11-13-17)18(14-20-19(2,3)4)15-8-6-7-9-15/h10-13,15,18,20H,5-9,14H2,1-4H3. The van der Waals surface area contributed by atoms with Crippen LogP contribution < -0.4 is 10.1 Å². The van der Waals surface area contributed by atoms with Crippen molar-refractivity contribution in [3.8, 4) is 5.75 Å². The molecule has 0 spiro atoms. The van der Waals surface area contributed by atoms with E-state index in [0.29, 0.717) is 5.92 Å². The summed E-state index contributed by atoms with van der Waals surface area (Å²) in [4.78, 5) is 0. The minimum absolute atomic E-state index is 0.183. The molecule has 0 amide bonds. The highest BCUT2D eigenvalue weighted by Gasteiger charge is 2.27. The molecule has 0 radical (unpaired) electrons. The molecule has 2 rings (SSSR count). The Morgan fingerprint density at radius 3 is 2.29 bits per heavy atom. The van der Waals surface area contributed by atoms with Gasteiger partial charge < -0.3 is 10.1 Å². The third kappa shape index (κ3) is 5.03. The van der Waals surface area contributed by atoms with Crippen molar-refractivity contribution in [3.63, 3.8) is 0 Å². The van der Waals surface area contributed by atoms with Gasteiger partial charge in [-0.3, -0.25) is 0 Å². The first-order valence-electron chi connectivity index (χ1n) is 8.47. The van der Waals surface area contributed by atoms with Crippen LogP contribution in [0.1, 0.15) is 64.9 Å². The summed E-state index contributed by atoms with van der Waals surface area (Å²) >= 11 is 0. The van der Waals surface area contributed by atoms with Gasteiger partial charge in [0.15, 0.2) is 0 Å². The van der Waals surface area contributed by atoms with Crippen molar-refractivity contribution in [2.24, 2.45) is 5.92 Å². The molecule has 1 fully saturated rings. The number of hydrogen-bond acceptors (Lipinski definition) is 2. The topological polar surface area (TPSA) is 21.3 Å². The zero-order valence-electron chi connectivity index (χ0n) is 14.1. The smallest absolute Gasteiger partial charge is 0.119 e. The van der Waals surface area contributed by atoms with E-state index < -0.39 is 0 Å². The van der Waals surface area contributed by atoms with Gasteiger partial charge in [0.25, 0.3) is 0 Å². The number of ether oxygens (including phenoxy) is 1. The van der Waals surface area contributed by atoms with E-state index in [1.54, 1.807) is 0 Å². The van der Waals surface area contributed by atoms with Gasteiger partial charge in [0, 0.05) is 12.1 Å². The van der Waals surface area contributed by atoms with Crippen molar-refractivity contribution < 1.29 is 4.74 Å². The number of benzene rings is 1. The predicted molar refractivity (Wildman–Crippen MR) is 90.1 cm³/mol. The maximum absolute atomic E-state index is 5.56. The van der Waals surface area contributed by atoms with Gasteiger partial charge in [-0.05, 0) is 70.1 Å². The summed E-state index contributed by atoms with van der Waals surface area (Å²) in [7, 11) is 0. The normalized spacial score (nSPS) is 17.9. The Morgan fingerprint density at radius 1 is 1.14 bits per heavy atom. The summed E-state index contributed by atoms with van der Waals surface area (Å²) in [5, 5.41) is 3.71. The molecule has 0 saturated heterocycles. The quantitative estimate of drug-likeness (QED) is 0.816. The highest BCUT2D eigenvalue weighted by molar-refractivity contribution is 5.30. The summed E-state index contributed by atoms with van der Waals surface area (Å²) < 4.78 is 5.56. The van der Waals surface area contributed by atoms with E-state index in [9.17, 15) is 0 Å². The predicted octanol–water partition coefficient (Wildman–Crippen LogP) is 4.75. The highest BCUT2D eigenvalue weighted by atomic mass is 16.5. The van der Waals surface area contributed by atoms with Crippen LogP contribution in [0.25, 0.3) is 0 Å². The Kier molecular flexibility index (Phi) is 5.69. The molecule has 1 N–H and O–H groups in total. The van der Waals surface area contributed by atoms with E-state index in [2.05, 4.69) is 50.4 Å². The first kappa shape index (κ1) is 16.4. The molecule has 1 aromatic carbocycles. The monoisotopic (exact) mass is 289 g/mol. The summed E-state index contributed by atoms with van der Waals surface area (Å²) in [6, 6.07) is 8.77. The third-order valence-corrected chi connectivity index (χ3v) is 4.44. The fourth-order valence-electron chi connectivity index (χ4n) is 3.31. The zero-order chi connectivity index (χ0) is 15.3. The van der Waals surface area contributed by atoms with Crippen LogP contribution in [0, 0.1) is 5.92 Å². The van der Waals surface area contributed by atoms with Crippen molar-refractivity contribution in [2.45, 2.75) is 64.8 Å². The van der Waals surface area contributed by atoms with Gasteiger partial charge >= 0.3 is 0 Å². The molecular weight excluding hydrogens is 258 g/mol. The first-order valence-corrected chi connectivity index (χ1v) is 8.47. The average molecular weight is 289 g/mol. The van der Waals surface area contributed by atoms with Crippen molar-refractivity contribution in [2.75, 3.05) is 13.2 Å². The molecule has 0 aromatic heterocycles. The molecule has 0 aliphatic heterocycles. The Balaban J connectivity index is 2.09. The molecule has 2 nitrogen and oxygen atoms in total. The van der Waals surface area contributed by atoms with Gasteiger partial charge in [0.2, 0.25) is 0 Å². The Bertz CT molecular complexity index is 412. The summed E-state index contributed by atoms with van der Waals surface area (Å²) in [5.41, 5.74) is 1.64. The van der Waals surface area contributed by atoms with Crippen LogP contribution in [-0.2, 0) is 0 Å². The van der Waals surface area contributed by atoms with E-state index in [0.717, 1.165) is 24.8 Å². The van der Waals surface area contributed by atoms with Crippen LogP contribution in [0.2, 0.25) is 0 Å². The van der Waals surface area contributed by atoms with Gasteiger partial charge in [-0.2, -0.15) is 0 Å². The van der Waals surface area contributed by atoms with E-state index in [-0.39, 0.29) is 5.54 Å². The largest absolute Gasteiger partial charge is 0.494 e. The van der Waals surface area contributed by atoms with Crippen LogP contribution >= 0.6 is 0 Å². The fourth-order valence-corrected chi connectivity index (χ4v) is 3.31. The Hall–Kier alpha value is -1.02. The van der Waals surface area contributed by atoms with Gasteiger partial charge in [-0.1, -0.05) is 25.0 Å². The molecule has 118 valence electrons. The van der Waals surface area contributed by atoms with Crippen molar-refractivity contribution in [3.05, 3.63) is 29.8 Å². The van der Waals surface area contributed by atoms with Crippen LogP contribution in [0.5, 0.6) is 5.75 Å². The molecule has 1 aromatic rings. The summed E-state index contributed by atoms with van der Waals surface area (Å²) in [5.74, 6) is 2.44. The fraction of sp³-hybridized carbons (Fsp3) is 0.684. The van der Waals surface area contributed by atoms with Crippen molar-refractivity contribution in [1.82, 2.24) is 5.32 Å². The van der Waals surface area contributed by atoms with E-state index in [1.807, 2.05) is 6.92 Å². The number of hydrogen-bond donors (Lipinski definition) is 1. The SMILES string of the molecule is CCOc1ccc(C(CNC(C)(C)C)C2CCCC2)cc1. The Labute approximate surface area is 130 Å². The van der Waals surface area contributed by atoms with Crippen LogP contribution in [0.4, 0.5) is 0 Å². The molecule has 1 aliphatic rings. The molecule has 1 unspecified atom stereocenters. The van der Waals surface area contributed by atoms with Gasteiger partial charge in [0.05, 0.1) is 6.61 Å². The lowest BCUT2D eigenvalue weighted by Gasteiger charge is -2.29. The second kappa shape index (κ2) is 7.31. The lowest BCUT2D eigenvalue weighted by Crippen LogP contribution is -2.39. The lowest BCUT2D eigenvalue weighted by atomic mass is 9.84. The third-order valence-electron chi connectivity index (χ3n) is 4.44. The maximum atomic E-state index is 5.56. The molecule has 1 aliphatic carbocycles. The molecule has 1 atom stereocenters. The lowest BCUT2D eigenvalue weighted by molar-refractivity contribution is 0.338. The summed E-state index contributed by atoms with van der Waals surface area (Å²) in [6.45, 7) is 10.6. The van der Waals surface area contributed by atoms with Gasteiger partial charge in [0.1, 0.15) is 5.75 Å². The van der Waals surface area contributed by atoms with Crippen molar-refractivity contribution in [1.29, 1.82) is 0 Å². The minimum Gasteiger partial charge on any atom is -0.494 e. The highest BCUT2D eigenvalue weighted by Crippen LogP contribution is 2.37. The van der Waals surface area contributed by atoms with E-state index >= 15 is 0 Å².